The van der Waals surface area contributed by atoms with Crippen LogP contribution >= 0.6 is 9.24 Å². The highest BCUT2D eigenvalue weighted by Crippen LogP contribution is 2.39. The standard InChI is InChI=1S/C15H33P/c1-9(2)13(10(3)4)15(16)14(11(5)6)12(7)8/h9-15H,16H2,1-8H3. The predicted molar refractivity (Wildman–Crippen MR) is 79.8 cm³/mol. The average Bonchev–Trinajstić information content (AvgIpc) is 1.99. The highest BCUT2D eigenvalue weighted by atomic mass is 31.0. The SMILES string of the molecule is CC(C)C(C(C)C)C(P)C(C(C)C)C(C)C. The lowest BCUT2D eigenvalue weighted by atomic mass is 9.72. The average molecular weight is 244 g/mol. The van der Waals surface area contributed by atoms with Crippen molar-refractivity contribution in [2.45, 2.75) is 61.0 Å². The Balaban J connectivity index is 4.88. The van der Waals surface area contributed by atoms with Crippen LogP contribution in [-0.4, -0.2) is 5.66 Å². The Morgan fingerprint density at radius 2 is 0.688 bits per heavy atom. The van der Waals surface area contributed by atoms with Crippen molar-refractivity contribution in [3.8, 4) is 0 Å². The van der Waals surface area contributed by atoms with E-state index in [2.05, 4.69) is 64.6 Å². The Kier molecular flexibility index (Phi) is 7.18. The van der Waals surface area contributed by atoms with Crippen LogP contribution in [0, 0.1) is 35.5 Å². The highest BCUT2D eigenvalue weighted by Gasteiger charge is 2.33. The number of hydrogen-bond donors (Lipinski definition) is 0. The van der Waals surface area contributed by atoms with Crippen LogP contribution in [0.4, 0.5) is 0 Å². The van der Waals surface area contributed by atoms with Gasteiger partial charge in [-0.15, -0.1) is 9.24 Å². The first kappa shape index (κ1) is 16.4. The number of rotatable bonds is 6. The van der Waals surface area contributed by atoms with Gasteiger partial charge in [-0.1, -0.05) is 55.4 Å². The molecule has 0 spiro atoms. The molecule has 0 rings (SSSR count). The van der Waals surface area contributed by atoms with E-state index in [9.17, 15) is 0 Å². The Morgan fingerprint density at radius 1 is 0.500 bits per heavy atom. The van der Waals surface area contributed by atoms with Crippen molar-refractivity contribution in [3.05, 3.63) is 0 Å². The third-order valence-electron chi connectivity index (χ3n) is 3.97. The van der Waals surface area contributed by atoms with Crippen LogP contribution in [0.25, 0.3) is 0 Å². The molecule has 0 aliphatic heterocycles. The van der Waals surface area contributed by atoms with Gasteiger partial charge in [-0.2, -0.15) is 0 Å². The molecule has 0 aliphatic rings. The molecule has 0 nitrogen and oxygen atoms in total. The van der Waals surface area contributed by atoms with E-state index in [-0.39, 0.29) is 0 Å². The molecule has 1 atom stereocenters. The lowest BCUT2D eigenvalue weighted by Gasteiger charge is -2.40. The van der Waals surface area contributed by atoms with Gasteiger partial charge < -0.3 is 0 Å². The molecule has 0 amide bonds. The fourth-order valence-electron chi connectivity index (χ4n) is 3.57. The second kappa shape index (κ2) is 7.00. The van der Waals surface area contributed by atoms with Crippen molar-refractivity contribution in [2.24, 2.45) is 35.5 Å². The van der Waals surface area contributed by atoms with E-state index in [1.54, 1.807) is 0 Å². The van der Waals surface area contributed by atoms with E-state index in [4.69, 9.17) is 0 Å². The fraction of sp³-hybridized carbons (Fsp3) is 1.00. The zero-order valence-electron chi connectivity index (χ0n) is 12.6. The predicted octanol–water partition coefficient (Wildman–Crippen LogP) is 5.09. The van der Waals surface area contributed by atoms with Crippen LogP contribution in [0.15, 0.2) is 0 Å². The highest BCUT2D eigenvalue weighted by molar-refractivity contribution is 7.17. The van der Waals surface area contributed by atoms with Gasteiger partial charge in [0.05, 0.1) is 0 Å². The largest absolute Gasteiger partial charge is 0.134 e. The minimum atomic E-state index is 0.750. The van der Waals surface area contributed by atoms with Crippen molar-refractivity contribution < 1.29 is 0 Å². The van der Waals surface area contributed by atoms with Crippen molar-refractivity contribution in [3.63, 3.8) is 0 Å². The molecule has 0 aliphatic carbocycles. The van der Waals surface area contributed by atoms with E-state index in [0.29, 0.717) is 0 Å². The van der Waals surface area contributed by atoms with Gasteiger partial charge >= 0.3 is 0 Å². The van der Waals surface area contributed by atoms with Crippen LogP contribution in [0.3, 0.4) is 0 Å². The van der Waals surface area contributed by atoms with Crippen molar-refractivity contribution in [2.75, 3.05) is 0 Å². The molecule has 0 N–H and O–H groups in total. The van der Waals surface area contributed by atoms with Crippen molar-refractivity contribution >= 4 is 9.24 Å². The van der Waals surface area contributed by atoms with E-state index in [1.165, 1.54) is 0 Å². The minimum Gasteiger partial charge on any atom is -0.134 e. The maximum Gasteiger partial charge on any atom is -0.0198 e. The molecule has 0 bridgehead atoms. The quantitative estimate of drug-likeness (QED) is 0.571. The third kappa shape index (κ3) is 4.36. The van der Waals surface area contributed by atoms with Crippen molar-refractivity contribution in [1.82, 2.24) is 0 Å². The molecular formula is C15H33P. The molecule has 0 saturated carbocycles. The molecule has 1 unspecified atom stereocenters. The van der Waals surface area contributed by atoms with Crippen molar-refractivity contribution in [1.29, 1.82) is 0 Å². The van der Waals surface area contributed by atoms with Gasteiger partial charge in [0, 0.05) is 0 Å². The second-order valence-electron chi connectivity index (χ2n) is 6.71. The molecule has 0 heterocycles. The summed E-state index contributed by atoms with van der Waals surface area (Å²) < 4.78 is 0. The number of hydrogen-bond acceptors (Lipinski definition) is 0. The molecule has 0 saturated heterocycles. The summed E-state index contributed by atoms with van der Waals surface area (Å²) in [6.45, 7) is 19.0. The van der Waals surface area contributed by atoms with E-state index >= 15 is 0 Å². The van der Waals surface area contributed by atoms with Gasteiger partial charge in [0.25, 0.3) is 0 Å². The first-order valence-corrected chi connectivity index (χ1v) is 7.62. The molecule has 0 radical (unpaired) electrons. The molecule has 98 valence electrons. The van der Waals surface area contributed by atoms with Crippen LogP contribution in [0.1, 0.15) is 55.4 Å². The van der Waals surface area contributed by atoms with Gasteiger partial charge in [-0.3, -0.25) is 0 Å². The van der Waals surface area contributed by atoms with Crippen LogP contribution in [0.2, 0.25) is 0 Å². The molecular weight excluding hydrogens is 211 g/mol. The van der Waals surface area contributed by atoms with Crippen LogP contribution in [-0.2, 0) is 0 Å². The summed E-state index contributed by atoms with van der Waals surface area (Å²) >= 11 is 0. The second-order valence-corrected chi connectivity index (χ2v) is 7.48. The van der Waals surface area contributed by atoms with Gasteiger partial charge in [-0.25, -0.2) is 0 Å². The molecule has 0 aromatic rings. The third-order valence-corrected chi connectivity index (χ3v) is 4.86. The summed E-state index contributed by atoms with van der Waals surface area (Å²) in [5.74, 6) is 4.76. The maximum atomic E-state index is 3.16. The Labute approximate surface area is 106 Å². The topological polar surface area (TPSA) is 0 Å². The van der Waals surface area contributed by atoms with Gasteiger partial charge in [0.1, 0.15) is 0 Å². The lowest BCUT2D eigenvalue weighted by Crippen LogP contribution is -2.36. The lowest BCUT2D eigenvalue weighted by molar-refractivity contribution is 0.176. The zero-order chi connectivity index (χ0) is 13.0. The zero-order valence-corrected chi connectivity index (χ0v) is 13.8. The molecule has 16 heavy (non-hydrogen) atoms. The molecule has 0 aromatic heterocycles. The fourth-order valence-corrected chi connectivity index (χ4v) is 5.35. The van der Waals surface area contributed by atoms with E-state index in [0.717, 1.165) is 41.2 Å². The summed E-state index contributed by atoms with van der Waals surface area (Å²) in [6.07, 6.45) is 0. The van der Waals surface area contributed by atoms with Gasteiger partial charge in [-0.05, 0) is 41.2 Å². The van der Waals surface area contributed by atoms with Gasteiger partial charge in [0.15, 0.2) is 0 Å². The Morgan fingerprint density at radius 3 is 0.812 bits per heavy atom. The summed E-state index contributed by atoms with van der Waals surface area (Å²) in [5, 5.41) is 0. The summed E-state index contributed by atoms with van der Waals surface area (Å²) in [7, 11) is 3.16. The van der Waals surface area contributed by atoms with E-state index < -0.39 is 0 Å². The summed E-state index contributed by atoms with van der Waals surface area (Å²) in [6, 6.07) is 0. The Hall–Kier alpha value is 0.430. The minimum absolute atomic E-state index is 0.750. The summed E-state index contributed by atoms with van der Waals surface area (Å²) in [4.78, 5) is 0. The van der Waals surface area contributed by atoms with Gasteiger partial charge in [0.2, 0.25) is 0 Å². The van der Waals surface area contributed by atoms with Crippen LogP contribution in [0.5, 0.6) is 0 Å². The maximum absolute atomic E-state index is 3.16. The Bertz CT molecular complexity index is 146. The summed E-state index contributed by atoms with van der Waals surface area (Å²) in [5.41, 5.74) is 0.750. The first-order chi connectivity index (χ1) is 7.20. The van der Waals surface area contributed by atoms with E-state index in [1.807, 2.05) is 0 Å². The monoisotopic (exact) mass is 244 g/mol. The molecule has 1 heteroatoms. The molecule has 0 aromatic carbocycles. The first-order valence-electron chi connectivity index (χ1n) is 6.95. The van der Waals surface area contributed by atoms with Crippen LogP contribution < -0.4 is 0 Å². The molecule has 0 fully saturated rings. The smallest absolute Gasteiger partial charge is 0.0198 e. The normalized spacial score (nSPS) is 13.5.